The number of aromatic nitrogens is 1. The number of aryl methyl sites for hydroxylation is 1. The molecule has 0 bridgehead atoms. The molecule has 0 aliphatic heterocycles. The highest BCUT2D eigenvalue weighted by atomic mass is 16.5. The quantitative estimate of drug-likeness (QED) is 0.834. The van der Waals surface area contributed by atoms with Crippen LogP contribution in [0.1, 0.15) is 48.9 Å². The molecule has 3 nitrogen and oxygen atoms in total. The van der Waals surface area contributed by atoms with Crippen LogP contribution in [0.5, 0.6) is 5.75 Å². The van der Waals surface area contributed by atoms with Gasteiger partial charge in [-0.25, -0.2) is 0 Å². The van der Waals surface area contributed by atoms with Crippen molar-refractivity contribution in [3.8, 4) is 5.75 Å². The molecule has 0 unspecified atom stereocenters. The van der Waals surface area contributed by atoms with Crippen LogP contribution < -0.4 is 4.74 Å². The minimum Gasteiger partial charge on any atom is -0.496 e. The molecule has 1 aliphatic carbocycles. The van der Waals surface area contributed by atoms with Gasteiger partial charge < -0.3 is 4.74 Å². The van der Waals surface area contributed by atoms with Gasteiger partial charge in [-0.15, -0.1) is 0 Å². The van der Waals surface area contributed by atoms with Crippen LogP contribution in [-0.2, 0) is 11.2 Å². The summed E-state index contributed by atoms with van der Waals surface area (Å²) in [4.78, 5) is 16.7. The Labute approximate surface area is 115 Å². The zero-order valence-electron chi connectivity index (χ0n) is 12.2. The van der Waals surface area contributed by atoms with Gasteiger partial charge in [0.2, 0.25) is 0 Å². The number of hydrogen-bond donors (Lipinski definition) is 0. The monoisotopic (exact) mass is 261 g/mol. The van der Waals surface area contributed by atoms with E-state index in [0.717, 1.165) is 35.4 Å². The van der Waals surface area contributed by atoms with Crippen molar-refractivity contribution in [2.75, 3.05) is 7.11 Å². The molecular formula is C16H23NO2. The summed E-state index contributed by atoms with van der Waals surface area (Å²) in [6.07, 6.45) is 8.03. The molecule has 2 rings (SSSR count). The first kappa shape index (κ1) is 14.0. The Balaban J connectivity index is 2.12. The van der Waals surface area contributed by atoms with Crippen LogP contribution in [0.15, 0.2) is 6.20 Å². The second-order valence-corrected chi connectivity index (χ2v) is 5.52. The number of methoxy groups -OCH3 is 1. The first-order valence-corrected chi connectivity index (χ1v) is 7.15. The number of rotatable bonds is 4. The molecule has 19 heavy (non-hydrogen) atoms. The van der Waals surface area contributed by atoms with E-state index < -0.39 is 0 Å². The Hall–Kier alpha value is -1.38. The molecule has 1 aromatic rings. The Morgan fingerprint density at radius 3 is 2.63 bits per heavy atom. The SMILES string of the molecule is COc1c(C)cnc(CC(=O)C2CCCCC2)c1C. The van der Waals surface area contributed by atoms with Gasteiger partial charge in [0, 0.05) is 29.7 Å². The third-order valence-electron chi connectivity index (χ3n) is 4.15. The first-order valence-electron chi connectivity index (χ1n) is 7.15. The molecule has 1 heterocycles. The number of hydrogen-bond acceptors (Lipinski definition) is 3. The van der Waals surface area contributed by atoms with Crippen molar-refractivity contribution >= 4 is 5.78 Å². The van der Waals surface area contributed by atoms with E-state index in [-0.39, 0.29) is 5.92 Å². The molecule has 104 valence electrons. The number of ketones is 1. The van der Waals surface area contributed by atoms with E-state index in [1.165, 1.54) is 19.3 Å². The Kier molecular flexibility index (Phi) is 4.56. The Morgan fingerprint density at radius 1 is 1.32 bits per heavy atom. The molecule has 0 aromatic carbocycles. The first-order chi connectivity index (χ1) is 9.13. The van der Waals surface area contributed by atoms with E-state index in [4.69, 9.17) is 4.74 Å². The lowest BCUT2D eigenvalue weighted by atomic mass is 9.84. The lowest BCUT2D eigenvalue weighted by Gasteiger charge is -2.20. The second-order valence-electron chi connectivity index (χ2n) is 5.52. The Morgan fingerprint density at radius 2 is 2.00 bits per heavy atom. The van der Waals surface area contributed by atoms with E-state index in [2.05, 4.69) is 4.98 Å². The molecule has 3 heteroatoms. The summed E-state index contributed by atoms with van der Waals surface area (Å²) in [5, 5.41) is 0. The largest absolute Gasteiger partial charge is 0.496 e. The summed E-state index contributed by atoms with van der Waals surface area (Å²) in [5.41, 5.74) is 2.90. The highest BCUT2D eigenvalue weighted by Crippen LogP contribution is 2.28. The molecule has 0 spiro atoms. The molecule has 0 amide bonds. The van der Waals surface area contributed by atoms with Gasteiger partial charge in [0.1, 0.15) is 11.5 Å². The standard InChI is InChI=1S/C16H23NO2/c1-11-10-17-14(12(2)16(11)19-3)9-15(18)13-7-5-4-6-8-13/h10,13H,4-9H2,1-3H3. The molecule has 1 saturated carbocycles. The van der Waals surface area contributed by atoms with Crippen molar-refractivity contribution in [3.63, 3.8) is 0 Å². The smallest absolute Gasteiger partial charge is 0.141 e. The lowest BCUT2D eigenvalue weighted by molar-refractivity contribution is -0.123. The molecule has 1 aromatic heterocycles. The van der Waals surface area contributed by atoms with Gasteiger partial charge >= 0.3 is 0 Å². The highest BCUT2D eigenvalue weighted by Gasteiger charge is 2.22. The summed E-state index contributed by atoms with van der Waals surface area (Å²) in [6, 6.07) is 0. The van der Waals surface area contributed by atoms with Crippen molar-refractivity contribution in [3.05, 3.63) is 23.0 Å². The molecule has 0 radical (unpaired) electrons. The van der Waals surface area contributed by atoms with Crippen LogP contribution in [0.2, 0.25) is 0 Å². The maximum absolute atomic E-state index is 12.3. The third-order valence-corrected chi connectivity index (χ3v) is 4.15. The van der Waals surface area contributed by atoms with E-state index in [1.54, 1.807) is 13.3 Å². The maximum Gasteiger partial charge on any atom is 0.141 e. The van der Waals surface area contributed by atoms with Crippen LogP contribution in [-0.4, -0.2) is 17.9 Å². The van der Waals surface area contributed by atoms with Gasteiger partial charge in [-0.2, -0.15) is 0 Å². The van der Waals surface area contributed by atoms with Gasteiger partial charge in [0.05, 0.1) is 12.8 Å². The fraction of sp³-hybridized carbons (Fsp3) is 0.625. The molecule has 0 atom stereocenters. The number of pyridine rings is 1. The fourth-order valence-electron chi connectivity index (χ4n) is 2.98. The van der Waals surface area contributed by atoms with Gasteiger partial charge in [-0.3, -0.25) is 9.78 Å². The molecule has 0 saturated heterocycles. The van der Waals surface area contributed by atoms with Crippen molar-refractivity contribution in [2.45, 2.75) is 52.4 Å². The van der Waals surface area contributed by atoms with Crippen molar-refractivity contribution in [1.82, 2.24) is 4.98 Å². The number of carbonyl (C=O) groups is 1. The average molecular weight is 261 g/mol. The molecule has 0 N–H and O–H groups in total. The zero-order chi connectivity index (χ0) is 13.8. The predicted molar refractivity (Wildman–Crippen MR) is 75.5 cm³/mol. The minimum atomic E-state index is 0.252. The molecular weight excluding hydrogens is 238 g/mol. The topological polar surface area (TPSA) is 39.2 Å². The zero-order valence-corrected chi connectivity index (χ0v) is 12.2. The van der Waals surface area contributed by atoms with E-state index in [0.29, 0.717) is 12.2 Å². The summed E-state index contributed by atoms with van der Waals surface area (Å²) in [7, 11) is 1.67. The normalized spacial score (nSPS) is 16.4. The molecule has 1 aliphatic rings. The van der Waals surface area contributed by atoms with Gasteiger partial charge in [0.15, 0.2) is 0 Å². The summed E-state index contributed by atoms with van der Waals surface area (Å²) < 4.78 is 5.39. The van der Waals surface area contributed by atoms with E-state index >= 15 is 0 Å². The summed E-state index contributed by atoms with van der Waals surface area (Å²) in [6.45, 7) is 3.97. The maximum atomic E-state index is 12.3. The van der Waals surface area contributed by atoms with Crippen molar-refractivity contribution < 1.29 is 9.53 Å². The van der Waals surface area contributed by atoms with Crippen LogP contribution in [0.3, 0.4) is 0 Å². The van der Waals surface area contributed by atoms with Crippen molar-refractivity contribution in [2.24, 2.45) is 5.92 Å². The Bertz CT molecular complexity index is 462. The fourth-order valence-corrected chi connectivity index (χ4v) is 2.98. The van der Waals surface area contributed by atoms with Crippen LogP contribution in [0.25, 0.3) is 0 Å². The summed E-state index contributed by atoms with van der Waals surface area (Å²) >= 11 is 0. The second kappa shape index (κ2) is 6.18. The van der Waals surface area contributed by atoms with Crippen LogP contribution in [0.4, 0.5) is 0 Å². The van der Waals surface area contributed by atoms with E-state index in [1.807, 2.05) is 13.8 Å². The highest BCUT2D eigenvalue weighted by molar-refractivity contribution is 5.83. The molecule has 1 fully saturated rings. The number of ether oxygens (including phenoxy) is 1. The van der Waals surface area contributed by atoms with Crippen LogP contribution >= 0.6 is 0 Å². The third kappa shape index (κ3) is 3.14. The number of nitrogens with zero attached hydrogens (tertiary/aromatic N) is 1. The van der Waals surface area contributed by atoms with Gasteiger partial charge in [-0.05, 0) is 26.7 Å². The minimum absolute atomic E-state index is 0.252. The van der Waals surface area contributed by atoms with Crippen LogP contribution in [0, 0.1) is 19.8 Å². The van der Waals surface area contributed by atoms with Crippen molar-refractivity contribution in [1.29, 1.82) is 0 Å². The van der Waals surface area contributed by atoms with Gasteiger partial charge in [-0.1, -0.05) is 19.3 Å². The predicted octanol–water partition coefficient (Wildman–Crippen LogP) is 3.40. The summed E-state index contributed by atoms with van der Waals surface area (Å²) in [5.74, 6) is 1.46. The number of Topliss-reactive ketones (excluding diaryl/α,β-unsaturated/α-hetero) is 1. The van der Waals surface area contributed by atoms with E-state index in [9.17, 15) is 4.79 Å². The average Bonchev–Trinajstić information content (AvgIpc) is 2.43. The number of carbonyl (C=O) groups excluding carboxylic acids is 1. The lowest BCUT2D eigenvalue weighted by Crippen LogP contribution is -2.20. The van der Waals surface area contributed by atoms with Gasteiger partial charge in [0.25, 0.3) is 0 Å².